The first-order valence-electron chi connectivity index (χ1n) is 6.10. The SMILES string of the molecule is O=C(O)c1ccc2c(NC3C=CS(=O)(=O)C3)ncnc2c1. The second-order valence-corrected chi connectivity index (χ2v) is 6.60. The number of anilines is 1. The molecule has 0 bridgehead atoms. The molecule has 2 N–H and O–H groups in total. The number of benzene rings is 1. The monoisotopic (exact) mass is 305 g/mol. The van der Waals surface area contributed by atoms with E-state index in [0.29, 0.717) is 16.7 Å². The molecule has 1 aliphatic heterocycles. The van der Waals surface area contributed by atoms with Crippen LogP contribution in [-0.2, 0) is 9.84 Å². The number of fused-ring (bicyclic) bond motifs is 1. The number of carboxylic acids is 1. The predicted octanol–water partition coefficient (Wildman–Crippen LogP) is 1.05. The van der Waals surface area contributed by atoms with Crippen molar-refractivity contribution in [2.45, 2.75) is 6.04 Å². The third kappa shape index (κ3) is 2.70. The quantitative estimate of drug-likeness (QED) is 0.872. The van der Waals surface area contributed by atoms with Crippen molar-refractivity contribution in [2.24, 2.45) is 0 Å². The van der Waals surface area contributed by atoms with Gasteiger partial charge in [-0.1, -0.05) is 0 Å². The zero-order valence-corrected chi connectivity index (χ0v) is 11.5. The Hall–Kier alpha value is -2.48. The second kappa shape index (κ2) is 4.81. The van der Waals surface area contributed by atoms with E-state index in [2.05, 4.69) is 15.3 Å². The maximum Gasteiger partial charge on any atom is 0.335 e. The molecule has 0 aliphatic carbocycles. The highest BCUT2D eigenvalue weighted by Gasteiger charge is 2.22. The number of aromatic carboxylic acids is 1. The molecule has 0 radical (unpaired) electrons. The summed E-state index contributed by atoms with van der Waals surface area (Å²) in [5.74, 6) is -0.579. The smallest absolute Gasteiger partial charge is 0.335 e. The number of carbonyl (C=O) groups is 1. The summed E-state index contributed by atoms with van der Waals surface area (Å²) in [6.45, 7) is 0. The molecule has 7 nitrogen and oxygen atoms in total. The van der Waals surface area contributed by atoms with Gasteiger partial charge in [0.25, 0.3) is 0 Å². The maximum absolute atomic E-state index is 11.4. The van der Waals surface area contributed by atoms with Gasteiger partial charge in [0.15, 0.2) is 9.84 Å². The summed E-state index contributed by atoms with van der Waals surface area (Å²) < 4.78 is 22.8. The van der Waals surface area contributed by atoms with Gasteiger partial charge in [-0.3, -0.25) is 0 Å². The van der Waals surface area contributed by atoms with Crippen LogP contribution in [0.25, 0.3) is 10.9 Å². The van der Waals surface area contributed by atoms with Crippen molar-refractivity contribution in [1.82, 2.24) is 9.97 Å². The lowest BCUT2D eigenvalue weighted by Gasteiger charge is -2.12. The molecule has 1 aromatic carbocycles. The first-order chi connectivity index (χ1) is 9.94. The summed E-state index contributed by atoms with van der Waals surface area (Å²) in [4.78, 5) is 19.1. The van der Waals surface area contributed by atoms with Gasteiger partial charge >= 0.3 is 5.97 Å². The van der Waals surface area contributed by atoms with E-state index in [1.165, 1.54) is 23.9 Å². The molecule has 2 aromatic rings. The Morgan fingerprint density at radius 3 is 2.81 bits per heavy atom. The van der Waals surface area contributed by atoms with Crippen molar-refractivity contribution in [1.29, 1.82) is 0 Å². The van der Waals surface area contributed by atoms with Crippen LogP contribution in [0.1, 0.15) is 10.4 Å². The van der Waals surface area contributed by atoms with Gasteiger partial charge in [-0.25, -0.2) is 23.2 Å². The summed E-state index contributed by atoms with van der Waals surface area (Å²) in [6.07, 6.45) is 2.87. The first-order valence-corrected chi connectivity index (χ1v) is 7.82. The van der Waals surface area contributed by atoms with Gasteiger partial charge in [0.1, 0.15) is 12.1 Å². The third-order valence-electron chi connectivity index (χ3n) is 3.14. The van der Waals surface area contributed by atoms with Crippen molar-refractivity contribution in [2.75, 3.05) is 11.1 Å². The standard InChI is InChI=1S/C13H11N3O4S/c17-13(18)8-1-2-10-11(5-8)14-7-15-12(10)16-9-3-4-21(19,20)6-9/h1-5,7,9H,6H2,(H,17,18)(H,14,15,16). The van der Waals surface area contributed by atoms with Crippen LogP contribution >= 0.6 is 0 Å². The van der Waals surface area contributed by atoms with E-state index in [1.54, 1.807) is 12.1 Å². The number of rotatable bonds is 3. The Morgan fingerprint density at radius 2 is 2.14 bits per heavy atom. The molecule has 8 heteroatoms. The van der Waals surface area contributed by atoms with Gasteiger partial charge in [-0.2, -0.15) is 0 Å². The van der Waals surface area contributed by atoms with Crippen molar-refractivity contribution in [3.05, 3.63) is 41.6 Å². The minimum Gasteiger partial charge on any atom is -0.478 e. The number of hydrogen-bond donors (Lipinski definition) is 2. The molecule has 1 aromatic heterocycles. The third-order valence-corrected chi connectivity index (χ3v) is 4.53. The molecule has 0 saturated heterocycles. The molecule has 3 rings (SSSR count). The minimum atomic E-state index is -3.15. The molecular weight excluding hydrogens is 294 g/mol. The van der Waals surface area contributed by atoms with Crippen molar-refractivity contribution in [3.63, 3.8) is 0 Å². The highest BCUT2D eigenvalue weighted by molar-refractivity contribution is 7.94. The van der Waals surface area contributed by atoms with E-state index < -0.39 is 15.8 Å². The number of nitrogens with zero attached hydrogens (tertiary/aromatic N) is 2. The van der Waals surface area contributed by atoms with E-state index in [4.69, 9.17) is 5.11 Å². The fourth-order valence-electron chi connectivity index (χ4n) is 2.15. The van der Waals surface area contributed by atoms with Crippen LogP contribution < -0.4 is 5.32 Å². The Kier molecular flexibility index (Phi) is 3.09. The highest BCUT2D eigenvalue weighted by atomic mass is 32.2. The largest absolute Gasteiger partial charge is 0.478 e. The van der Waals surface area contributed by atoms with Crippen molar-refractivity contribution < 1.29 is 18.3 Å². The van der Waals surface area contributed by atoms with E-state index in [9.17, 15) is 13.2 Å². The van der Waals surface area contributed by atoms with Gasteiger partial charge in [-0.15, -0.1) is 0 Å². The van der Waals surface area contributed by atoms with Gasteiger partial charge < -0.3 is 10.4 Å². The van der Waals surface area contributed by atoms with Crippen molar-refractivity contribution >= 4 is 32.5 Å². The van der Waals surface area contributed by atoms with Crippen LogP contribution in [0.15, 0.2) is 36.0 Å². The molecule has 108 valence electrons. The molecule has 0 saturated carbocycles. The molecule has 1 atom stereocenters. The fourth-order valence-corrected chi connectivity index (χ4v) is 3.38. The maximum atomic E-state index is 11.4. The lowest BCUT2D eigenvalue weighted by atomic mass is 10.1. The summed E-state index contributed by atoms with van der Waals surface area (Å²) in [5, 5.41) is 13.8. The number of carboxylic acid groups (broad SMARTS) is 1. The minimum absolute atomic E-state index is 0.0221. The zero-order valence-electron chi connectivity index (χ0n) is 10.7. The summed E-state index contributed by atoms with van der Waals surface area (Å²) in [7, 11) is -3.15. The van der Waals surface area contributed by atoms with E-state index in [1.807, 2.05) is 0 Å². The van der Waals surface area contributed by atoms with Crippen LogP contribution in [0.2, 0.25) is 0 Å². The summed E-state index contributed by atoms with van der Waals surface area (Å²) in [6, 6.07) is 4.16. The Bertz CT molecular complexity index is 861. The second-order valence-electron chi connectivity index (χ2n) is 4.67. The van der Waals surface area contributed by atoms with E-state index >= 15 is 0 Å². The molecule has 0 spiro atoms. The molecule has 1 aliphatic rings. The van der Waals surface area contributed by atoms with Crippen LogP contribution in [0.5, 0.6) is 0 Å². The molecule has 1 unspecified atom stereocenters. The van der Waals surface area contributed by atoms with Crippen LogP contribution in [0.4, 0.5) is 5.82 Å². The molecule has 0 amide bonds. The lowest BCUT2D eigenvalue weighted by molar-refractivity contribution is 0.0697. The topological polar surface area (TPSA) is 109 Å². The van der Waals surface area contributed by atoms with Crippen LogP contribution in [-0.4, -0.2) is 41.3 Å². The van der Waals surface area contributed by atoms with Gasteiger partial charge in [-0.05, 0) is 24.3 Å². The number of aromatic nitrogens is 2. The Morgan fingerprint density at radius 1 is 1.33 bits per heavy atom. The highest BCUT2D eigenvalue weighted by Crippen LogP contribution is 2.22. The Labute approximate surface area is 120 Å². The zero-order chi connectivity index (χ0) is 15.0. The number of nitrogens with one attached hydrogen (secondary N) is 1. The number of sulfone groups is 1. The average molecular weight is 305 g/mol. The average Bonchev–Trinajstić information content (AvgIpc) is 2.77. The van der Waals surface area contributed by atoms with E-state index in [-0.39, 0.29) is 17.4 Å². The number of hydrogen-bond acceptors (Lipinski definition) is 6. The van der Waals surface area contributed by atoms with Gasteiger partial charge in [0, 0.05) is 10.8 Å². The molecular formula is C13H11N3O4S. The normalized spacial score (nSPS) is 19.7. The van der Waals surface area contributed by atoms with Crippen LogP contribution in [0.3, 0.4) is 0 Å². The molecule has 0 fully saturated rings. The molecule has 21 heavy (non-hydrogen) atoms. The summed E-state index contributed by atoms with van der Waals surface area (Å²) in [5.41, 5.74) is 0.618. The van der Waals surface area contributed by atoms with Crippen LogP contribution in [0, 0.1) is 0 Å². The first kappa shape index (κ1) is 13.5. The van der Waals surface area contributed by atoms with Gasteiger partial charge in [0.05, 0.1) is 22.9 Å². The predicted molar refractivity (Wildman–Crippen MR) is 76.8 cm³/mol. The summed E-state index contributed by atoms with van der Waals surface area (Å²) >= 11 is 0. The lowest BCUT2D eigenvalue weighted by Crippen LogP contribution is -2.21. The molecule has 2 heterocycles. The van der Waals surface area contributed by atoms with E-state index in [0.717, 1.165) is 0 Å². The Balaban J connectivity index is 1.96. The van der Waals surface area contributed by atoms with Crippen molar-refractivity contribution in [3.8, 4) is 0 Å². The van der Waals surface area contributed by atoms with Gasteiger partial charge in [0.2, 0.25) is 0 Å². The fraction of sp³-hybridized carbons (Fsp3) is 0.154.